The summed E-state index contributed by atoms with van der Waals surface area (Å²) in [4.78, 5) is 4.02. The van der Waals surface area contributed by atoms with E-state index >= 15 is 0 Å². The van der Waals surface area contributed by atoms with E-state index in [-0.39, 0.29) is 0 Å². The molecular weight excluding hydrogens is 194 g/mol. The van der Waals surface area contributed by atoms with Crippen LogP contribution in [0.2, 0.25) is 0 Å². The fourth-order valence-corrected chi connectivity index (χ4v) is 2.41. The lowest BCUT2D eigenvalue weighted by Crippen LogP contribution is -2.26. The molecule has 2 heteroatoms. The molecule has 1 aliphatic rings. The molecule has 76 valence electrons. The predicted molar refractivity (Wildman–Crippen MR) is 59.6 cm³/mol. The van der Waals surface area contributed by atoms with Crippen molar-refractivity contribution in [2.24, 2.45) is 5.92 Å². The first-order chi connectivity index (χ1) is 6.79. The van der Waals surface area contributed by atoms with Crippen LogP contribution in [0.15, 0.2) is 24.5 Å². The molecule has 0 spiro atoms. The first kappa shape index (κ1) is 9.97. The van der Waals surface area contributed by atoms with E-state index < -0.39 is 0 Å². The van der Waals surface area contributed by atoms with Crippen molar-refractivity contribution in [1.29, 1.82) is 0 Å². The van der Waals surface area contributed by atoms with Crippen molar-refractivity contribution in [3.05, 3.63) is 30.1 Å². The molecule has 14 heavy (non-hydrogen) atoms. The van der Waals surface area contributed by atoms with Gasteiger partial charge in [0.15, 0.2) is 0 Å². The summed E-state index contributed by atoms with van der Waals surface area (Å²) in [6.45, 7) is 2.21. The Morgan fingerprint density at radius 2 is 2.00 bits per heavy atom. The standard InChI is InChI=1S/C12H16ClN/c1-9(10-5-7-14-8-6-10)12(13)11-3-2-4-11/h5-9,11-12H,2-4H2,1H3. The quantitative estimate of drug-likeness (QED) is 0.694. The molecule has 0 amide bonds. The summed E-state index contributed by atoms with van der Waals surface area (Å²) < 4.78 is 0. The number of halogens is 1. The van der Waals surface area contributed by atoms with E-state index in [4.69, 9.17) is 11.6 Å². The zero-order valence-electron chi connectivity index (χ0n) is 8.49. The van der Waals surface area contributed by atoms with Crippen LogP contribution in [0.5, 0.6) is 0 Å². The third-order valence-electron chi connectivity index (χ3n) is 3.31. The highest BCUT2D eigenvalue weighted by molar-refractivity contribution is 6.21. The first-order valence-corrected chi connectivity index (χ1v) is 5.76. The van der Waals surface area contributed by atoms with Gasteiger partial charge in [-0.1, -0.05) is 13.3 Å². The van der Waals surface area contributed by atoms with E-state index in [0.717, 1.165) is 5.92 Å². The van der Waals surface area contributed by atoms with Crippen molar-refractivity contribution in [3.63, 3.8) is 0 Å². The normalized spacial score (nSPS) is 21.3. The van der Waals surface area contributed by atoms with Crippen LogP contribution in [0.3, 0.4) is 0 Å². The van der Waals surface area contributed by atoms with Gasteiger partial charge in [0.05, 0.1) is 0 Å². The Morgan fingerprint density at radius 3 is 2.50 bits per heavy atom. The monoisotopic (exact) mass is 209 g/mol. The minimum Gasteiger partial charge on any atom is -0.265 e. The van der Waals surface area contributed by atoms with E-state index in [1.807, 2.05) is 12.4 Å². The minimum atomic E-state index is 0.297. The Labute approximate surface area is 90.5 Å². The predicted octanol–water partition coefficient (Wildman–Crippen LogP) is 3.59. The van der Waals surface area contributed by atoms with E-state index in [1.165, 1.54) is 24.8 Å². The molecule has 0 saturated heterocycles. The third-order valence-corrected chi connectivity index (χ3v) is 4.04. The van der Waals surface area contributed by atoms with Crippen LogP contribution in [-0.4, -0.2) is 10.4 Å². The smallest absolute Gasteiger partial charge is 0.0430 e. The highest BCUT2D eigenvalue weighted by atomic mass is 35.5. The van der Waals surface area contributed by atoms with Crippen molar-refractivity contribution < 1.29 is 0 Å². The number of pyridine rings is 1. The molecule has 2 unspecified atom stereocenters. The Kier molecular flexibility index (Phi) is 3.07. The van der Waals surface area contributed by atoms with Gasteiger partial charge in [-0.05, 0) is 42.4 Å². The summed E-state index contributed by atoms with van der Waals surface area (Å²) >= 11 is 6.45. The molecule has 1 nitrogen and oxygen atoms in total. The molecule has 2 rings (SSSR count). The third kappa shape index (κ3) is 1.93. The number of hydrogen-bond donors (Lipinski definition) is 0. The van der Waals surface area contributed by atoms with Gasteiger partial charge in [0, 0.05) is 17.8 Å². The van der Waals surface area contributed by atoms with Gasteiger partial charge in [-0.25, -0.2) is 0 Å². The first-order valence-electron chi connectivity index (χ1n) is 5.33. The average Bonchev–Trinajstić information content (AvgIpc) is 2.15. The molecule has 1 aliphatic carbocycles. The Hall–Kier alpha value is -0.560. The van der Waals surface area contributed by atoms with E-state index in [0.29, 0.717) is 11.3 Å². The van der Waals surface area contributed by atoms with Gasteiger partial charge in [-0.3, -0.25) is 4.98 Å². The Bertz CT molecular complexity index is 282. The summed E-state index contributed by atoms with van der Waals surface area (Å²) in [5.74, 6) is 1.18. The molecule has 1 heterocycles. The zero-order valence-corrected chi connectivity index (χ0v) is 9.24. The molecule has 1 fully saturated rings. The topological polar surface area (TPSA) is 12.9 Å². The number of hydrogen-bond acceptors (Lipinski definition) is 1. The maximum atomic E-state index is 6.45. The fourth-order valence-electron chi connectivity index (χ4n) is 2.02. The molecule has 1 aromatic rings. The van der Waals surface area contributed by atoms with Crippen molar-refractivity contribution in [1.82, 2.24) is 4.98 Å². The van der Waals surface area contributed by atoms with Crippen molar-refractivity contribution >= 4 is 11.6 Å². The average molecular weight is 210 g/mol. The Balaban J connectivity index is 2.03. The molecular formula is C12H16ClN. The highest BCUT2D eigenvalue weighted by Gasteiger charge is 2.30. The van der Waals surface area contributed by atoms with Crippen molar-refractivity contribution in [3.8, 4) is 0 Å². The van der Waals surface area contributed by atoms with Crippen molar-refractivity contribution in [2.45, 2.75) is 37.5 Å². The molecule has 0 radical (unpaired) electrons. The van der Waals surface area contributed by atoms with Crippen LogP contribution in [0.1, 0.15) is 37.7 Å². The van der Waals surface area contributed by atoms with Gasteiger partial charge in [0.2, 0.25) is 0 Å². The van der Waals surface area contributed by atoms with E-state index in [1.54, 1.807) is 0 Å². The SMILES string of the molecule is CC(c1ccncc1)C(Cl)C1CCC1. The second-order valence-corrected chi connectivity index (χ2v) is 4.71. The second kappa shape index (κ2) is 4.31. The molecule has 1 aromatic heterocycles. The maximum absolute atomic E-state index is 6.45. The number of rotatable bonds is 3. The van der Waals surface area contributed by atoms with Crippen LogP contribution in [0, 0.1) is 5.92 Å². The lowest BCUT2D eigenvalue weighted by molar-refractivity contribution is 0.286. The minimum absolute atomic E-state index is 0.297. The molecule has 2 atom stereocenters. The molecule has 0 aliphatic heterocycles. The van der Waals surface area contributed by atoms with Gasteiger partial charge in [-0.15, -0.1) is 11.6 Å². The van der Waals surface area contributed by atoms with Crippen LogP contribution in [0.25, 0.3) is 0 Å². The molecule has 1 saturated carbocycles. The van der Waals surface area contributed by atoms with Crippen molar-refractivity contribution in [2.75, 3.05) is 0 Å². The second-order valence-electron chi connectivity index (χ2n) is 4.20. The van der Waals surface area contributed by atoms with Gasteiger partial charge in [0.25, 0.3) is 0 Å². The lowest BCUT2D eigenvalue weighted by atomic mass is 9.77. The van der Waals surface area contributed by atoms with Crippen LogP contribution in [-0.2, 0) is 0 Å². The lowest BCUT2D eigenvalue weighted by Gasteiger charge is -2.33. The van der Waals surface area contributed by atoms with E-state index in [9.17, 15) is 0 Å². The van der Waals surface area contributed by atoms with E-state index in [2.05, 4.69) is 24.0 Å². The summed E-state index contributed by atoms with van der Waals surface area (Å²) in [6, 6.07) is 4.14. The van der Waals surface area contributed by atoms with Gasteiger partial charge in [-0.2, -0.15) is 0 Å². The summed E-state index contributed by atoms with van der Waals surface area (Å²) in [5.41, 5.74) is 1.31. The van der Waals surface area contributed by atoms with Crippen LogP contribution in [0.4, 0.5) is 0 Å². The van der Waals surface area contributed by atoms with Gasteiger partial charge < -0.3 is 0 Å². The number of nitrogens with zero attached hydrogens (tertiary/aromatic N) is 1. The largest absolute Gasteiger partial charge is 0.265 e. The van der Waals surface area contributed by atoms with Gasteiger partial charge in [0.1, 0.15) is 0 Å². The summed E-state index contributed by atoms with van der Waals surface area (Å²) in [7, 11) is 0. The number of aromatic nitrogens is 1. The number of alkyl halides is 1. The zero-order chi connectivity index (χ0) is 9.97. The molecule has 0 aromatic carbocycles. The maximum Gasteiger partial charge on any atom is 0.0430 e. The fraction of sp³-hybridized carbons (Fsp3) is 0.583. The Morgan fingerprint density at radius 1 is 1.36 bits per heavy atom. The van der Waals surface area contributed by atoms with Crippen LogP contribution < -0.4 is 0 Å². The molecule has 0 bridgehead atoms. The summed E-state index contributed by atoms with van der Waals surface area (Å²) in [6.07, 6.45) is 7.66. The summed E-state index contributed by atoms with van der Waals surface area (Å²) in [5, 5.41) is 0.297. The molecule has 0 N–H and O–H groups in total. The highest BCUT2D eigenvalue weighted by Crippen LogP contribution is 2.39. The van der Waals surface area contributed by atoms with Gasteiger partial charge >= 0.3 is 0 Å². The van der Waals surface area contributed by atoms with Crippen LogP contribution >= 0.6 is 11.6 Å².